The van der Waals surface area contributed by atoms with Crippen LogP contribution in [0.2, 0.25) is 0 Å². The summed E-state index contributed by atoms with van der Waals surface area (Å²) in [4.78, 5) is 12.2. The molecular formula is C18H18N2O4. The Morgan fingerprint density at radius 3 is 2.71 bits per heavy atom. The number of fused-ring (bicyclic) bond motifs is 2. The van der Waals surface area contributed by atoms with Gasteiger partial charge in [0.15, 0.2) is 11.5 Å². The number of rotatable bonds is 2. The molecule has 124 valence electrons. The molecule has 0 aromatic heterocycles. The molecule has 0 saturated heterocycles. The van der Waals surface area contributed by atoms with E-state index in [0.29, 0.717) is 36.8 Å². The van der Waals surface area contributed by atoms with Gasteiger partial charge < -0.3 is 25.2 Å². The van der Waals surface area contributed by atoms with Crippen molar-refractivity contribution in [2.45, 2.75) is 18.6 Å². The maximum absolute atomic E-state index is 12.2. The monoisotopic (exact) mass is 326 g/mol. The molecule has 2 atom stereocenters. The fourth-order valence-corrected chi connectivity index (χ4v) is 3.16. The first-order chi connectivity index (χ1) is 11.7. The summed E-state index contributed by atoms with van der Waals surface area (Å²) in [7, 11) is 0. The Bertz CT molecular complexity index is 777. The molecule has 3 N–H and O–H groups in total. The van der Waals surface area contributed by atoms with Crippen LogP contribution in [0.25, 0.3) is 0 Å². The topological polar surface area (TPSA) is 79.8 Å². The van der Waals surface area contributed by atoms with Crippen molar-refractivity contribution in [1.29, 1.82) is 0 Å². The van der Waals surface area contributed by atoms with Crippen LogP contribution in [0, 0.1) is 0 Å². The first kappa shape index (κ1) is 14.8. The van der Waals surface area contributed by atoms with Gasteiger partial charge in [-0.25, -0.2) is 4.79 Å². The van der Waals surface area contributed by atoms with E-state index in [1.54, 1.807) is 18.2 Å². The van der Waals surface area contributed by atoms with Gasteiger partial charge in [0.25, 0.3) is 0 Å². The molecule has 0 saturated carbocycles. The van der Waals surface area contributed by atoms with Crippen molar-refractivity contribution < 1.29 is 19.4 Å². The van der Waals surface area contributed by atoms with Gasteiger partial charge in [-0.15, -0.1) is 0 Å². The minimum atomic E-state index is -0.688. The summed E-state index contributed by atoms with van der Waals surface area (Å²) in [6, 6.07) is 12.2. The molecule has 0 bridgehead atoms. The minimum Gasteiger partial charge on any atom is -0.486 e. The normalized spacial score (nSPS) is 21.0. The summed E-state index contributed by atoms with van der Waals surface area (Å²) >= 11 is 0. The van der Waals surface area contributed by atoms with Gasteiger partial charge in [0.05, 0.1) is 12.1 Å². The number of nitrogens with one attached hydrogen (secondary N) is 2. The zero-order valence-corrected chi connectivity index (χ0v) is 13.0. The maximum Gasteiger partial charge on any atom is 0.319 e. The van der Waals surface area contributed by atoms with Crippen LogP contribution >= 0.6 is 0 Å². The molecule has 6 nitrogen and oxygen atoms in total. The Morgan fingerprint density at radius 1 is 1.08 bits per heavy atom. The summed E-state index contributed by atoms with van der Waals surface area (Å²) in [5.74, 6) is 1.29. The first-order valence-corrected chi connectivity index (χ1v) is 7.94. The van der Waals surface area contributed by atoms with Crippen LogP contribution in [0.1, 0.15) is 17.2 Å². The Labute approximate surface area is 139 Å². The molecule has 2 aromatic rings. The third-order valence-corrected chi connectivity index (χ3v) is 4.31. The molecule has 1 heterocycles. The van der Waals surface area contributed by atoms with Crippen molar-refractivity contribution in [1.82, 2.24) is 5.32 Å². The Kier molecular flexibility index (Phi) is 3.74. The number of aliphatic hydroxyl groups is 1. The van der Waals surface area contributed by atoms with E-state index in [4.69, 9.17) is 9.47 Å². The number of hydrogen-bond acceptors (Lipinski definition) is 4. The van der Waals surface area contributed by atoms with Crippen LogP contribution in [0.3, 0.4) is 0 Å². The van der Waals surface area contributed by atoms with Gasteiger partial charge in [-0.1, -0.05) is 24.3 Å². The second-order valence-corrected chi connectivity index (χ2v) is 5.91. The van der Waals surface area contributed by atoms with E-state index in [-0.39, 0.29) is 12.1 Å². The molecule has 4 rings (SSSR count). The quantitative estimate of drug-likeness (QED) is 0.791. The third-order valence-electron chi connectivity index (χ3n) is 4.31. The smallest absolute Gasteiger partial charge is 0.319 e. The fraction of sp³-hybridized carbons (Fsp3) is 0.278. The van der Waals surface area contributed by atoms with Crippen LogP contribution in [-0.2, 0) is 6.42 Å². The lowest BCUT2D eigenvalue weighted by atomic mass is 10.1. The maximum atomic E-state index is 12.2. The fourth-order valence-electron chi connectivity index (χ4n) is 3.16. The number of anilines is 1. The molecule has 2 amide bonds. The predicted octanol–water partition coefficient (Wildman–Crippen LogP) is 2.24. The zero-order valence-electron chi connectivity index (χ0n) is 13.0. The molecule has 0 unspecified atom stereocenters. The Balaban J connectivity index is 1.41. The Hall–Kier alpha value is -2.73. The van der Waals surface area contributed by atoms with Gasteiger partial charge in [-0.05, 0) is 29.7 Å². The molecule has 2 aromatic carbocycles. The van der Waals surface area contributed by atoms with Gasteiger partial charge >= 0.3 is 6.03 Å². The van der Waals surface area contributed by atoms with Crippen LogP contribution < -0.4 is 20.1 Å². The molecule has 6 heteroatoms. The molecule has 2 aliphatic rings. The molecule has 0 fully saturated rings. The number of ether oxygens (including phenoxy) is 2. The Morgan fingerprint density at radius 2 is 1.88 bits per heavy atom. The summed E-state index contributed by atoms with van der Waals surface area (Å²) < 4.78 is 11.0. The average Bonchev–Trinajstić information content (AvgIpc) is 2.91. The van der Waals surface area contributed by atoms with Crippen LogP contribution in [-0.4, -0.2) is 30.4 Å². The van der Waals surface area contributed by atoms with Gasteiger partial charge in [-0.3, -0.25) is 0 Å². The van der Waals surface area contributed by atoms with Crippen molar-refractivity contribution in [3.63, 3.8) is 0 Å². The average molecular weight is 326 g/mol. The highest BCUT2D eigenvalue weighted by molar-refractivity contribution is 5.90. The lowest BCUT2D eigenvalue weighted by molar-refractivity contribution is 0.145. The van der Waals surface area contributed by atoms with Gasteiger partial charge in [0.2, 0.25) is 0 Å². The molecule has 24 heavy (non-hydrogen) atoms. The van der Waals surface area contributed by atoms with Gasteiger partial charge in [0, 0.05) is 11.8 Å². The number of urea groups is 1. The summed E-state index contributed by atoms with van der Waals surface area (Å²) in [6.07, 6.45) is -0.0708. The number of benzene rings is 2. The second-order valence-electron chi connectivity index (χ2n) is 5.91. The predicted molar refractivity (Wildman–Crippen MR) is 88.5 cm³/mol. The van der Waals surface area contributed by atoms with Gasteiger partial charge in [-0.2, -0.15) is 0 Å². The SMILES string of the molecule is O=C(Nc1ccc2c(c1)OCCO2)N[C@@H]1Cc2ccccc2[C@H]1O. The number of hydrogen-bond donors (Lipinski definition) is 3. The van der Waals surface area contributed by atoms with E-state index in [9.17, 15) is 9.90 Å². The van der Waals surface area contributed by atoms with Crippen molar-refractivity contribution in [2.24, 2.45) is 0 Å². The van der Waals surface area contributed by atoms with E-state index < -0.39 is 6.10 Å². The van der Waals surface area contributed by atoms with E-state index in [1.165, 1.54) is 0 Å². The lowest BCUT2D eigenvalue weighted by Crippen LogP contribution is -2.40. The highest BCUT2D eigenvalue weighted by Crippen LogP contribution is 2.33. The third kappa shape index (κ3) is 2.76. The lowest BCUT2D eigenvalue weighted by Gasteiger charge is -2.20. The molecule has 0 spiro atoms. The van der Waals surface area contributed by atoms with E-state index in [0.717, 1.165) is 11.1 Å². The van der Waals surface area contributed by atoms with E-state index in [1.807, 2.05) is 24.3 Å². The molecule has 1 aliphatic carbocycles. The van der Waals surface area contributed by atoms with E-state index >= 15 is 0 Å². The zero-order chi connectivity index (χ0) is 16.5. The number of amides is 2. The minimum absolute atomic E-state index is 0.334. The van der Waals surface area contributed by atoms with Crippen molar-refractivity contribution in [3.8, 4) is 11.5 Å². The summed E-state index contributed by atoms with van der Waals surface area (Å²) in [6.45, 7) is 1.02. The molecule has 1 aliphatic heterocycles. The number of aliphatic hydroxyl groups excluding tert-OH is 1. The van der Waals surface area contributed by atoms with Gasteiger partial charge in [0.1, 0.15) is 13.2 Å². The largest absolute Gasteiger partial charge is 0.486 e. The van der Waals surface area contributed by atoms with Crippen molar-refractivity contribution >= 4 is 11.7 Å². The highest BCUT2D eigenvalue weighted by atomic mass is 16.6. The first-order valence-electron chi connectivity index (χ1n) is 7.94. The van der Waals surface area contributed by atoms with Crippen molar-refractivity contribution in [2.75, 3.05) is 18.5 Å². The standard InChI is InChI=1S/C18H18N2O4/c21-17-13-4-2-1-3-11(13)9-14(17)20-18(22)19-12-5-6-15-16(10-12)24-8-7-23-15/h1-6,10,14,17,21H,7-9H2,(H2,19,20,22)/t14-,17-/m1/s1. The van der Waals surface area contributed by atoms with Crippen LogP contribution in [0.15, 0.2) is 42.5 Å². The highest BCUT2D eigenvalue weighted by Gasteiger charge is 2.31. The molecule has 0 radical (unpaired) electrons. The van der Waals surface area contributed by atoms with Crippen LogP contribution in [0.4, 0.5) is 10.5 Å². The number of carbonyl (C=O) groups excluding carboxylic acids is 1. The summed E-state index contributed by atoms with van der Waals surface area (Å²) in [5.41, 5.74) is 2.55. The van der Waals surface area contributed by atoms with Crippen molar-refractivity contribution in [3.05, 3.63) is 53.6 Å². The van der Waals surface area contributed by atoms with Crippen LogP contribution in [0.5, 0.6) is 11.5 Å². The number of carbonyl (C=O) groups is 1. The summed E-state index contributed by atoms with van der Waals surface area (Å²) in [5, 5.41) is 15.9. The van der Waals surface area contributed by atoms with E-state index in [2.05, 4.69) is 10.6 Å². The molecular weight excluding hydrogens is 308 g/mol. The second kappa shape index (κ2) is 6.05.